The Morgan fingerprint density at radius 2 is 1.95 bits per heavy atom. The first-order valence-corrected chi connectivity index (χ1v) is 7.62. The molecule has 2 aromatic rings. The van der Waals surface area contributed by atoms with E-state index in [2.05, 4.69) is 4.74 Å². The highest BCUT2D eigenvalue weighted by Crippen LogP contribution is 2.10. The fraction of sp³-hybridized carbons (Fsp3) is 0.176. The van der Waals surface area contributed by atoms with Gasteiger partial charge >= 0.3 is 11.9 Å². The third-order valence-electron chi connectivity index (χ3n) is 2.92. The van der Waals surface area contributed by atoms with Crippen LogP contribution in [0.3, 0.4) is 0 Å². The van der Waals surface area contributed by atoms with E-state index < -0.39 is 0 Å². The van der Waals surface area contributed by atoms with Crippen LogP contribution in [0.2, 0.25) is 0 Å². The van der Waals surface area contributed by atoms with E-state index in [4.69, 9.17) is 4.74 Å². The molecule has 1 aromatic carbocycles. The maximum Gasteiger partial charge on any atom is 0.337 e. The van der Waals surface area contributed by atoms with E-state index in [1.165, 1.54) is 18.1 Å². The zero-order chi connectivity index (χ0) is 15.8. The maximum atomic E-state index is 11.6. The van der Waals surface area contributed by atoms with Gasteiger partial charge in [-0.2, -0.15) is 0 Å². The van der Waals surface area contributed by atoms with Crippen molar-refractivity contribution >= 4 is 29.4 Å². The first-order valence-electron chi connectivity index (χ1n) is 6.74. The molecule has 0 saturated carbocycles. The molecule has 2 rings (SSSR count). The quantitative estimate of drug-likeness (QED) is 0.606. The average Bonchev–Trinajstić information content (AvgIpc) is 3.06. The number of thiophene rings is 1. The molecular weight excluding hydrogens is 300 g/mol. The second-order valence-corrected chi connectivity index (χ2v) is 5.48. The molecule has 0 aliphatic heterocycles. The summed E-state index contributed by atoms with van der Waals surface area (Å²) >= 11 is 1.64. The zero-order valence-electron chi connectivity index (χ0n) is 12.2. The zero-order valence-corrected chi connectivity index (χ0v) is 13.0. The SMILES string of the molecule is COC(=O)c1ccc(/C=C/C(=O)OCCc2cccs2)cc1. The summed E-state index contributed by atoms with van der Waals surface area (Å²) in [7, 11) is 1.34. The van der Waals surface area contributed by atoms with Gasteiger partial charge in [-0.1, -0.05) is 18.2 Å². The summed E-state index contributed by atoms with van der Waals surface area (Å²) in [6.07, 6.45) is 3.75. The predicted molar refractivity (Wildman–Crippen MR) is 85.8 cm³/mol. The van der Waals surface area contributed by atoms with Crippen molar-refractivity contribution in [1.29, 1.82) is 0 Å². The Balaban J connectivity index is 1.80. The minimum atomic E-state index is -0.386. The van der Waals surface area contributed by atoms with Crippen molar-refractivity contribution < 1.29 is 19.1 Å². The lowest BCUT2D eigenvalue weighted by molar-refractivity contribution is -0.137. The molecular formula is C17H16O4S. The Hall–Kier alpha value is -2.40. The third-order valence-corrected chi connectivity index (χ3v) is 3.85. The van der Waals surface area contributed by atoms with E-state index in [1.54, 1.807) is 41.7 Å². The standard InChI is InChI=1S/C17H16O4S/c1-20-17(19)14-7-4-13(5-8-14)6-9-16(18)21-11-10-15-3-2-12-22-15/h2-9,12H,10-11H2,1H3/b9-6+. The third kappa shape index (κ3) is 4.86. The number of benzene rings is 1. The van der Waals surface area contributed by atoms with Gasteiger partial charge in [0.1, 0.15) is 0 Å². The molecule has 0 aliphatic carbocycles. The van der Waals surface area contributed by atoms with Crippen molar-refractivity contribution in [2.75, 3.05) is 13.7 Å². The minimum Gasteiger partial charge on any atom is -0.465 e. The van der Waals surface area contributed by atoms with Crippen LogP contribution in [0, 0.1) is 0 Å². The second kappa shape index (κ2) is 8.14. The van der Waals surface area contributed by atoms with Gasteiger partial charge in [-0.25, -0.2) is 9.59 Å². The van der Waals surface area contributed by atoms with E-state index in [9.17, 15) is 9.59 Å². The summed E-state index contributed by atoms with van der Waals surface area (Å²) in [4.78, 5) is 24.1. The maximum absolute atomic E-state index is 11.6. The molecule has 0 unspecified atom stereocenters. The van der Waals surface area contributed by atoms with E-state index >= 15 is 0 Å². The first kappa shape index (κ1) is 16.0. The number of rotatable bonds is 6. The van der Waals surface area contributed by atoms with Crippen LogP contribution >= 0.6 is 11.3 Å². The molecule has 114 valence electrons. The number of carbonyl (C=O) groups excluding carboxylic acids is 2. The van der Waals surface area contributed by atoms with Crippen molar-refractivity contribution in [3.05, 3.63) is 63.9 Å². The summed E-state index contributed by atoms with van der Waals surface area (Å²) < 4.78 is 9.74. The van der Waals surface area contributed by atoms with Crippen LogP contribution in [0.5, 0.6) is 0 Å². The van der Waals surface area contributed by atoms with Crippen LogP contribution in [0.1, 0.15) is 20.8 Å². The molecule has 1 heterocycles. The minimum absolute atomic E-state index is 0.366. The molecule has 4 nitrogen and oxygen atoms in total. The van der Waals surface area contributed by atoms with Gasteiger partial charge < -0.3 is 9.47 Å². The molecule has 22 heavy (non-hydrogen) atoms. The Morgan fingerprint density at radius 3 is 2.59 bits per heavy atom. The smallest absolute Gasteiger partial charge is 0.337 e. The number of ether oxygens (including phenoxy) is 2. The molecule has 0 spiro atoms. The largest absolute Gasteiger partial charge is 0.465 e. The van der Waals surface area contributed by atoms with Crippen molar-refractivity contribution in [2.24, 2.45) is 0 Å². The van der Waals surface area contributed by atoms with Gasteiger partial charge in [0.05, 0.1) is 19.3 Å². The van der Waals surface area contributed by atoms with Crippen LogP contribution in [0.15, 0.2) is 47.9 Å². The van der Waals surface area contributed by atoms with E-state index in [1.807, 2.05) is 17.5 Å². The van der Waals surface area contributed by atoms with Gasteiger partial charge in [0.2, 0.25) is 0 Å². The Kier molecular flexibility index (Phi) is 5.91. The van der Waals surface area contributed by atoms with Crippen LogP contribution < -0.4 is 0 Å². The highest BCUT2D eigenvalue weighted by Gasteiger charge is 2.03. The summed E-state index contributed by atoms with van der Waals surface area (Å²) in [6.45, 7) is 0.366. The molecule has 5 heteroatoms. The van der Waals surface area contributed by atoms with E-state index in [0.717, 1.165) is 12.0 Å². The molecule has 0 aliphatic rings. The average molecular weight is 316 g/mol. The fourth-order valence-corrected chi connectivity index (χ4v) is 2.46. The molecule has 0 radical (unpaired) electrons. The molecule has 0 amide bonds. The van der Waals surface area contributed by atoms with Crippen molar-refractivity contribution in [3.63, 3.8) is 0 Å². The van der Waals surface area contributed by atoms with Gasteiger partial charge in [0, 0.05) is 17.4 Å². The second-order valence-electron chi connectivity index (χ2n) is 4.44. The van der Waals surface area contributed by atoms with Crippen molar-refractivity contribution in [1.82, 2.24) is 0 Å². The van der Waals surface area contributed by atoms with Gasteiger partial charge in [-0.15, -0.1) is 11.3 Å². The highest BCUT2D eigenvalue weighted by molar-refractivity contribution is 7.09. The Labute approximate surface area is 133 Å². The number of methoxy groups -OCH3 is 1. The molecule has 0 saturated heterocycles. The van der Waals surface area contributed by atoms with E-state index in [-0.39, 0.29) is 11.9 Å². The number of hydrogen-bond donors (Lipinski definition) is 0. The summed E-state index contributed by atoms with van der Waals surface area (Å²) in [5, 5.41) is 2.00. The molecule has 0 atom stereocenters. The molecule has 0 bridgehead atoms. The molecule has 0 fully saturated rings. The van der Waals surface area contributed by atoms with Crippen molar-refractivity contribution in [3.8, 4) is 0 Å². The Morgan fingerprint density at radius 1 is 1.18 bits per heavy atom. The van der Waals surface area contributed by atoms with Gasteiger partial charge in [-0.05, 0) is 35.2 Å². The van der Waals surface area contributed by atoms with Crippen LogP contribution in [0.4, 0.5) is 0 Å². The van der Waals surface area contributed by atoms with E-state index in [0.29, 0.717) is 12.2 Å². The lowest BCUT2D eigenvalue weighted by atomic mass is 10.1. The van der Waals surface area contributed by atoms with Gasteiger partial charge in [-0.3, -0.25) is 0 Å². The topological polar surface area (TPSA) is 52.6 Å². The van der Waals surface area contributed by atoms with Crippen molar-refractivity contribution in [2.45, 2.75) is 6.42 Å². The normalized spacial score (nSPS) is 10.6. The highest BCUT2D eigenvalue weighted by atomic mass is 32.1. The summed E-state index contributed by atoms with van der Waals surface area (Å²) in [5.41, 5.74) is 1.28. The predicted octanol–water partition coefficient (Wildman–Crippen LogP) is 3.33. The monoisotopic (exact) mass is 316 g/mol. The Bertz CT molecular complexity index is 642. The molecule has 0 N–H and O–H groups in total. The number of hydrogen-bond acceptors (Lipinski definition) is 5. The van der Waals surface area contributed by atoms with Crippen LogP contribution in [-0.2, 0) is 20.7 Å². The summed E-state index contributed by atoms with van der Waals surface area (Å²) in [6, 6.07) is 10.8. The number of esters is 2. The summed E-state index contributed by atoms with van der Waals surface area (Å²) in [5.74, 6) is -0.767. The van der Waals surface area contributed by atoms with Gasteiger partial charge in [0.25, 0.3) is 0 Å². The first-order chi connectivity index (χ1) is 10.7. The number of carbonyl (C=O) groups is 2. The van der Waals surface area contributed by atoms with Gasteiger partial charge in [0.15, 0.2) is 0 Å². The van der Waals surface area contributed by atoms with Crippen LogP contribution in [0.25, 0.3) is 6.08 Å². The van der Waals surface area contributed by atoms with Crippen LogP contribution in [-0.4, -0.2) is 25.7 Å². The lowest BCUT2D eigenvalue weighted by Gasteiger charge is -2.01. The fourth-order valence-electron chi connectivity index (χ4n) is 1.77. The molecule has 1 aromatic heterocycles. The lowest BCUT2D eigenvalue weighted by Crippen LogP contribution is -2.04.